The molecule has 2 amide bonds. The Labute approximate surface area is 194 Å². The fraction of sp³-hybridized carbons (Fsp3) is 0.0870. The molecule has 1 unspecified atom stereocenters. The Morgan fingerprint density at radius 1 is 0.853 bits per heavy atom. The van der Waals surface area contributed by atoms with Crippen LogP contribution < -0.4 is 15.8 Å². The number of nitrogens with one attached hydrogen (secondary N) is 2. The average Bonchev–Trinajstić information content (AvgIpc) is 2.80. The van der Waals surface area contributed by atoms with Gasteiger partial charge in [0.2, 0.25) is 5.91 Å². The minimum atomic E-state index is -3.97. The number of sulfonamides is 1. The van der Waals surface area contributed by atoms with E-state index in [1.54, 1.807) is 0 Å². The summed E-state index contributed by atoms with van der Waals surface area (Å²) in [7, 11) is -3.97. The molecule has 0 saturated carbocycles. The van der Waals surface area contributed by atoms with Crippen LogP contribution in [0.2, 0.25) is 0 Å². The maximum atomic E-state index is 13.0. The normalized spacial score (nSPS) is 11.8. The fourth-order valence-electron chi connectivity index (χ4n) is 2.75. The van der Waals surface area contributed by atoms with Gasteiger partial charge < -0.3 is 15.8 Å². The van der Waals surface area contributed by atoms with Gasteiger partial charge in [-0.3, -0.25) is 14.3 Å². The monoisotopic (exact) mass is 485 g/mol. The Morgan fingerprint density at radius 2 is 1.38 bits per heavy atom. The second-order valence-corrected chi connectivity index (χ2v) is 8.80. The topological polar surface area (TPSA) is 145 Å². The number of ether oxygens (including phenoxy) is 1. The third-order valence-corrected chi connectivity index (χ3v) is 5.98. The van der Waals surface area contributed by atoms with Gasteiger partial charge in [-0.05, 0) is 79.7 Å². The Balaban J connectivity index is 1.60. The number of nitrogens with two attached hydrogens (primary N) is 1. The Bertz CT molecular complexity index is 1310. The molecule has 0 radical (unpaired) electrons. The Morgan fingerprint density at radius 3 is 1.94 bits per heavy atom. The minimum Gasteiger partial charge on any atom is -0.449 e. The molecule has 0 aliphatic carbocycles. The van der Waals surface area contributed by atoms with Gasteiger partial charge in [-0.2, -0.15) is 0 Å². The number of amides is 2. The molecule has 0 fully saturated rings. The van der Waals surface area contributed by atoms with Crippen molar-refractivity contribution in [3.05, 3.63) is 89.7 Å². The molecule has 1 atom stereocenters. The van der Waals surface area contributed by atoms with E-state index in [9.17, 15) is 27.2 Å². The standard InChI is InChI=1S/C23H20FN3O6S/c1-14(22(29)26-18-8-2-15(3-9-18)21(25)28)33-23(30)16-4-12-20(13-5-16)34(31,32)27-19-10-6-17(24)7-11-19/h2-14,27H,1H3,(H2,25,28)(H,26,29). The van der Waals surface area contributed by atoms with E-state index in [-0.39, 0.29) is 21.7 Å². The van der Waals surface area contributed by atoms with Crippen LogP contribution in [0.5, 0.6) is 0 Å². The van der Waals surface area contributed by atoms with Crippen molar-refractivity contribution < 1.29 is 31.9 Å². The predicted molar refractivity (Wildman–Crippen MR) is 122 cm³/mol. The first-order valence-electron chi connectivity index (χ1n) is 9.85. The predicted octanol–water partition coefficient (Wildman–Crippen LogP) is 2.91. The van der Waals surface area contributed by atoms with Crippen LogP contribution in [-0.2, 0) is 19.6 Å². The second kappa shape index (κ2) is 10.1. The van der Waals surface area contributed by atoms with E-state index < -0.39 is 39.7 Å². The van der Waals surface area contributed by atoms with Crippen LogP contribution in [0.15, 0.2) is 77.7 Å². The lowest BCUT2D eigenvalue weighted by Crippen LogP contribution is -2.30. The number of carbonyl (C=O) groups excluding carboxylic acids is 3. The highest BCUT2D eigenvalue weighted by molar-refractivity contribution is 7.92. The molecule has 9 nitrogen and oxygen atoms in total. The summed E-state index contributed by atoms with van der Waals surface area (Å²) in [5, 5.41) is 2.54. The molecule has 3 aromatic carbocycles. The third kappa shape index (κ3) is 6.17. The maximum absolute atomic E-state index is 13.0. The number of primary amides is 1. The van der Waals surface area contributed by atoms with Crippen molar-refractivity contribution in [1.82, 2.24) is 0 Å². The zero-order valence-electron chi connectivity index (χ0n) is 17.8. The summed E-state index contributed by atoms with van der Waals surface area (Å²) >= 11 is 0. The van der Waals surface area contributed by atoms with Crippen LogP contribution in [0.4, 0.5) is 15.8 Å². The molecule has 4 N–H and O–H groups in total. The van der Waals surface area contributed by atoms with Gasteiger partial charge in [-0.25, -0.2) is 17.6 Å². The minimum absolute atomic E-state index is 0.0335. The van der Waals surface area contributed by atoms with Crippen LogP contribution in [0.25, 0.3) is 0 Å². The van der Waals surface area contributed by atoms with Gasteiger partial charge in [0, 0.05) is 16.9 Å². The number of carbonyl (C=O) groups is 3. The SMILES string of the molecule is CC(OC(=O)c1ccc(S(=O)(=O)Nc2ccc(F)cc2)cc1)C(=O)Nc1ccc(C(N)=O)cc1. The molecule has 176 valence electrons. The van der Waals surface area contributed by atoms with E-state index in [0.717, 1.165) is 12.1 Å². The molecule has 0 saturated heterocycles. The van der Waals surface area contributed by atoms with Gasteiger partial charge in [0.05, 0.1) is 10.5 Å². The number of anilines is 2. The quantitative estimate of drug-likeness (QED) is 0.419. The van der Waals surface area contributed by atoms with Crippen LogP contribution in [0.1, 0.15) is 27.6 Å². The zero-order valence-corrected chi connectivity index (χ0v) is 18.6. The number of halogens is 1. The largest absolute Gasteiger partial charge is 0.449 e. The Kier molecular flexibility index (Phi) is 7.27. The van der Waals surface area contributed by atoms with Gasteiger partial charge in [0.1, 0.15) is 5.82 Å². The van der Waals surface area contributed by atoms with Crippen molar-refractivity contribution in [2.75, 3.05) is 10.0 Å². The van der Waals surface area contributed by atoms with Crippen molar-refractivity contribution in [3.8, 4) is 0 Å². The summed E-state index contributed by atoms with van der Waals surface area (Å²) in [6, 6.07) is 15.5. The molecule has 34 heavy (non-hydrogen) atoms. The first-order chi connectivity index (χ1) is 16.0. The maximum Gasteiger partial charge on any atom is 0.338 e. The summed E-state index contributed by atoms with van der Waals surface area (Å²) in [5.74, 6) is -2.55. The first-order valence-corrected chi connectivity index (χ1v) is 11.3. The van der Waals surface area contributed by atoms with Gasteiger partial charge in [-0.1, -0.05) is 0 Å². The average molecular weight is 485 g/mol. The van der Waals surface area contributed by atoms with Crippen molar-refractivity contribution in [2.24, 2.45) is 5.73 Å². The van der Waals surface area contributed by atoms with E-state index in [0.29, 0.717) is 5.69 Å². The summed E-state index contributed by atoms with van der Waals surface area (Å²) in [4.78, 5) is 35.6. The molecule has 0 heterocycles. The van der Waals surface area contributed by atoms with Gasteiger partial charge in [-0.15, -0.1) is 0 Å². The van der Waals surface area contributed by atoms with E-state index >= 15 is 0 Å². The number of rotatable bonds is 8. The highest BCUT2D eigenvalue weighted by Gasteiger charge is 2.20. The van der Waals surface area contributed by atoms with E-state index in [2.05, 4.69) is 10.0 Å². The van der Waals surface area contributed by atoms with Gasteiger partial charge >= 0.3 is 5.97 Å². The zero-order chi connectivity index (χ0) is 24.9. The van der Waals surface area contributed by atoms with E-state index in [4.69, 9.17) is 10.5 Å². The van der Waals surface area contributed by atoms with Crippen LogP contribution in [0, 0.1) is 5.82 Å². The fourth-order valence-corrected chi connectivity index (χ4v) is 3.80. The molecule has 0 aliphatic heterocycles. The molecule has 0 aromatic heterocycles. The van der Waals surface area contributed by atoms with Crippen LogP contribution in [-0.4, -0.2) is 32.3 Å². The van der Waals surface area contributed by atoms with Crippen LogP contribution >= 0.6 is 0 Å². The lowest BCUT2D eigenvalue weighted by atomic mass is 10.2. The smallest absolute Gasteiger partial charge is 0.338 e. The molecule has 11 heteroatoms. The number of benzene rings is 3. The lowest BCUT2D eigenvalue weighted by Gasteiger charge is -2.14. The summed E-state index contributed by atoms with van der Waals surface area (Å²) < 4.78 is 45.4. The lowest BCUT2D eigenvalue weighted by molar-refractivity contribution is -0.123. The number of hydrogen-bond acceptors (Lipinski definition) is 6. The molecule has 0 bridgehead atoms. The molecule has 3 aromatic rings. The third-order valence-electron chi connectivity index (χ3n) is 4.59. The number of esters is 1. The Hall–Kier alpha value is -4.25. The molecular weight excluding hydrogens is 465 g/mol. The first kappa shape index (κ1) is 24.4. The molecule has 0 aliphatic rings. The second-order valence-electron chi connectivity index (χ2n) is 7.12. The molecule has 0 spiro atoms. The summed E-state index contributed by atoms with van der Waals surface area (Å²) in [6.07, 6.45) is -1.16. The van der Waals surface area contributed by atoms with Crippen LogP contribution in [0.3, 0.4) is 0 Å². The number of hydrogen-bond donors (Lipinski definition) is 3. The summed E-state index contributed by atoms with van der Waals surface area (Å²) in [5.41, 5.74) is 6.02. The highest BCUT2D eigenvalue weighted by atomic mass is 32.2. The summed E-state index contributed by atoms with van der Waals surface area (Å²) in [6.45, 7) is 1.37. The van der Waals surface area contributed by atoms with Crippen molar-refractivity contribution in [2.45, 2.75) is 17.9 Å². The van der Waals surface area contributed by atoms with E-state index in [1.807, 2.05) is 0 Å². The van der Waals surface area contributed by atoms with E-state index in [1.165, 1.54) is 67.6 Å². The van der Waals surface area contributed by atoms with Gasteiger partial charge in [0.25, 0.3) is 15.9 Å². The van der Waals surface area contributed by atoms with Crippen molar-refractivity contribution >= 4 is 39.2 Å². The van der Waals surface area contributed by atoms with Crippen molar-refractivity contribution in [1.29, 1.82) is 0 Å². The van der Waals surface area contributed by atoms with Gasteiger partial charge in [0.15, 0.2) is 6.10 Å². The van der Waals surface area contributed by atoms with Crippen molar-refractivity contribution in [3.63, 3.8) is 0 Å². The molecule has 3 rings (SSSR count). The molecular formula is C23H20FN3O6S. The highest BCUT2D eigenvalue weighted by Crippen LogP contribution is 2.18.